The van der Waals surface area contributed by atoms with Gasteiger partial charge in [0.2, 0.25) is 0 Å². The second kappa shape index (κ2) is 5.22. The van der Waals surface area contributed by atoms with Crippen LogP contribution in [0, 0.1) is 0 Å². The molecule has 1 amide bonds. The molecule has 3 N–H and O–H groups in total. The summed E-state index contributed by atoms with van der Waals surface area (Å²) < 4.78 is 43.3. The average molecular weight is 292 g/mol. The number of halogens is 3. The molecule has 112 valence electrons. The van der Waals surface area contributed by atoms with Gasteiger partial charge in [0, 0.05) is 12.1 Å². The van der Waals surface area contributed by atoms with Crippen LogP contribution in [0.15, 0.2) is 6.07 Å². The number of carbonyl (C=O) groups excluding carboxylic acids is 1. The molecule has 1 aromatic heterocycles. The SMILES string of the molecule is COC(=O)NC1CCC(n2nc(C(F)(F)F)cc2N)C1. The van der Waals surface area contributed by atoms with Crippen molar-refractivity contribution in [1.82, 2.24) is 15.1 Å². The first kappa shape index (κ1) is 14.5. The van der Waals surface area contributed by atoms with Gasteiger partial charge < -0.3 is 15.8 Å². The van der Waals surface area contributed by atoms with Crippen LogP contribution in [-0.2, 0) is 10.9 Å². The lowest BCUT2D eigenvalue weighted by Crippen LogP contribution is -2.32. The van der Waals surface area contributed by atoms with E-state index in [1.807, 2.05) is 0 Å². The quantitative estimate of drug-likeness (QED) is 0.872. The number of carbonyl (C=O) groups is 1. The van der Waals surface area contributed by atoms with Crippen molar-refractivity contribution in [3.63, 3.8) is 0 Å². The summed E-state index contributed by atoms with van der Waals surface area (Å²) in [5.41, 5.74) is 4.58. The molecule has 0 aromatic carbocycles. The standard InChI is InChI=1S/C11H15F3N4O2/c1-20-10(19)16-6-2-3-7(4-6)18-9(15)5-8(17-18)11(12,13)14/h5-7H,2-4,15H2,1H3,(H,16,19). The molecular formula is C11H15F3N4O2. The fourth-order valence-electron chi connectivity index (χ4n) is 2.38. The fourth-order valence-corrected chi connectivity index (χ4v) is 2.38. The van der Waals surface area contributed by atoms with E-state index in [1.54, 1.807) is 0 Å². The Kier molecular flexibility index (Phi) is 3.78. The maximum absolute atomic E-state index is 12.6. The molecule has 0 saturated heterocycles. The van der Waals surface area contributed by atoms with E-state index in [2.05, 4.69) is 15.2 Å². The van der Waals surface area contributed by atoms with Crippen LogP contribution in [0.2, 0.25) is 0 Å². The monoisotopic (exact) mass is 292 g/mol. The average Bonchev–Trinajstić information content (AvgIpc) is 2.94. The predicted molar refractivity (Wildman–Crippen MR) is 63.9 cm³/mol. The first-order chi connectivity index (χ1) is 9.31. The molecule has 1 saturated carbocycles. The number of amides is 1. The van der Waals surface area contributed by atoms with E-state index in [9.17, 15) is 18.0 Å². The van der Waals surface area contributed by atoms with Crippen LogP contribution in [0.1, 0.15) is 31.0 Å². The molecule has 1 aliphatic rings. The number of methoxy groups -OCH3 is 1. The van der Waals surface area contributed by atoms with Gasteiger partial charge in [0.05, 0.1) is 13.2 Å². The van der Waals surface area contributed by atoms with Gasteiger partial charge in [-0.05, 0) is 19.3 Å². The van der Waals surface area contributed by atoms with Gasteiger partial charge in [-0.3, -0.25) is 0 Å². The van der Waals surface area contributed by atoms with Crippen molar-refractivity contribution >= 4 is 11.9 Å². The lowest BCUT2D eigenvalue weighted by Gasteiger charge is -2.14. The van der Waals surface area contributed by atoms with Crippen LogP contribution in [0.3, 0.4) is 0 Å². The Morgan fingerprint density at radius 1 is 1.55 bits per heavy atom. The molecule has 2 rings (SSSR count). The van der Waals surface area contributed by atoms with Gasteiger partial charge >= 0.3 is 12.3 Å². The van der Waals surface area contributed by atoms with Gasteiger partial charge in [-0.1, -0.05) is 0 Å². The summed E-state index contributed by atoms with van der Waals surface area (Å²) in [7, 11) is 1.25. The van der Waals surface area contributed by atoms with Crippen molar-refractivity contribution in [3.8, 4) is 0 Å². The minimum absolute atomic E-state index is 0.0268. The van der Waals surface area contributed by atoms with Crippen molar-refractivity contribution in [2.45, 2.75) is 37.5 Å². The number of nitrogen functional groups attached to an aromatic ring is 1. The van der Waals surface area contributed by atoms with Crippen molar-refractivity contribution in [1.29, 1.82) is 0 Å². The van der Waals surface area contributed by atoms with Crippen molar-refractivity contribution in [2.75, 3.05) is 12.8 Å². The summed E-state index contributed by atoms with van der Waals surface area (Å²) in [5, 5.41) is 6.14. The van der Waals surface area contributed by atoms with Gasteiger partial charge in [0.1, 0.15) is 5.82 Å². The molecule has 0 spiro atoms. The van der Waals surface area contributed by atoms with Crippen LogP contribution in [0.25, 0.3) is 0 Å². The maximum atomic E-state index is 12.6. The summed E-state index contributed by atoms with van der Waals surface area (Å²) in [4.78, 5) is 11.1. The summed E-state index contributed by atoms with van der Waals surface area (Å²) in [6, 6.07) is 0.416. The number of ether oxygens (including phenoxy) is 1. The Bertz CT molecular complexity index is 500. The summed E-state index contributed by atoms with van der Waals surface area (Å²) in [6.45, 7) is 0. The molecule has 0 radical (unpaired) electrons. The molecule has 2 atom stereocenters. The van der Waals surface area contributed by atoms with E-state index in [-0.39, 0.29) is 17.9 Å². The maximum Gasteiger partial charge on any atom is 0.435 e. The van der Waals surface area contributed by atoms with Crippen molar-refractivity contribution < 1.29 is 22.7 Å². The number of nitrogens with two attached hydrogens (primary N) is 1. The Morgan fingerprint density at radius 3 is 2.80 bits per heavy atom. The number of nitrogens with one attached hydrogen (secondary N) is 1. The van der Waals surface area contributed by atoms with E-state index in [4.69, 9.17) is 5.73 Å². The highest BCUT2D eigenvalue weighted by Gasteiger charge is 2.36. The van der Waals surface area contributed by atoms with Crippen LogP contribution < -0.4 is 11.1 Å². The third-order valence-corrected chi connectivity index (χ3v) is 3.31. The highest BCUT2D eigenvalue weighted by Crippen LogP contribution is 2.35. The second-order valence-electron chi connectivity index (χ2n) is 4.70. The molecule has 0 bridgehead atoms. The molecule has 9 heteroatoms. The number of hydrogen-bond acceptors (Lipinski definition) is 4. The zero-order valence-corrected chi connectivity index (χ0v) is 10.8. The third-order valence-electron chi connectivity index (χ3n) is 3.31. The minimum Gasteiger partial charge on any atom is -0.453 e. The number of anilines is 1. The largest absolute Gasteiger partial charge is 0.453 e. The van der Waals surface area contributed by atoms with E-state index in [0.717, 1.165) is 6.07 Å². The summed E-state index contributed by atoms with van der Waals surface area (Å²) in [6.07, 6.45) is -3.36. The Labute approximate surface area is 113 Å². The normalized spacial score (nSPS) is 22.8. The van der Waals surface area contributed by atoms with E-state index in [0.29, 0.717) is 19.3 Å². The van der Waals surface area contributed by atoms with Crippen LogP contribution in [0.4, 0.5) is 23.8 Å². The lowest BCUT2D eigenvalue weighted by atomic mass is 10.2. The molecule has 1 aromatic rings. The Morgan fingerprint density at radius 2 is 2.25 bits per heavy atom. The number of rotatable bonds is 2. The van der Waals surface area contributed by atoms with E-state index < -0.39 is 18.0 Å². The molecule has 6 nitrogen and oxygen atoms in total. The number of nitrogens with zero attached hydrogens (tertiary/aromatic N) is 2. The lowest BCUT2D eigenvalue weighted by molar-refractivity contribution is -0.141. The van der Waals surface area contributed by atoms with E-state index in [1.165, 1.54) is 11.8 Å². The minimum atomic E-state index is -4.51. The molecular weight excluding hydrogens is 277 g/mol. The van der Waals surface area contributed by atoms with Crippen LogP contribution in [-0.4, -0.2) is 29.0 Å². The van der Waals surface area contributed by atoms with Gasteiger partial charge in [0.25, 0.3) is 0 Å². The molecule has 1 heterocycles. The topological polar surface area (TPSA) is 82.2 Å². The van der Waals surface area contributed by atoms with Gasteiger partial charge in [-0.25, -0.2) is 9.48 Å². The van der Waals surface area contributed by atoms with E-state index >= 15 is 0 Å². The highest BCUT2D eigenvalue weighted by atomic mass is 19.4. The zero-order chi connectivity index (χ0) is 14.9. The third kappa shape index (κ3) is 2.97. The van der Waals surface area contributed by atoms with Gasteiger partial charge in [-0.15, -0.1) is 0 Å². The summed E-state index contributed by atoms with van der Waals surface area (Å²) >= 11 is 0. The molecule has 2 unspecified atom stereocenters. The van der Waals surface area contributed by atoms with Gasteiger partial charge in [-0.2, -0.15) is 18.3 Å². The second-order valence-corrected chi connectivity index (χ2v) is 4.70. The van der Waals surface area contributed by atoms with Crippen molar-refractivity contribution in [3.05, 3.63) is 11.8 Å². The predicted octanol–water partition coefficient (Wildman–Crippen LogP) is 1.93. The van der Waals surface area contributed by atoms with Crippen molar-refractivity contribution in [2.24, 2.45) is 0 Å². The fraction of sp³-hybridized carbons (Fsp3) is 0.636. The first-order valence-electron chi connectivity index (χ1n) is 6.08. The molecule has 0 aliphatic heterocycles. The Balaban J connectivity index is 2.07. The summed E-state index contributed by atoms with van der Waals surface area (Å²) in [5.74, 6) is -0.0268. The van der Waals surface area contributed by atoms with Crippen LogP contribution in [0.5, 0.6) is 0 Å². The van der Waals surface area contributed by atoms with Crippen LogP contribution >= 0.6 is 0 Å². The van der Waals surface area contributed by atoms with Gasteiger partial charge in [0.15, 0.2) is 5.69 Å². The molecule has 1 aliphatic carbocycles. The molecule has 20 heavy (non-hydrogen) atoms. The number of alkyl halides is 3. The zero-order valence-electron chi connectivity index (χ0n) is 10.8. The number of alkyl carbamates (subject to hydrolysis) is 1. The number of aromatic nitrogens is 2. The molecule has 1 fully saturated rings. The number of hydrogen-bond donors (Lipinski definition) is 2. The first-order valence-corrected chi connectivity index (χ1v) is 6.08. The smallest absolute Gasteiger partial charge is 0.435 e. The Hall–Kier alpha value is -1.93. The highest BCUT2D eigenvalue weighted by molar-refractivity contribution is 5.67.